The lowest BCUT2D eigenvalue weighted by atomic mass is 10.1. The first-order valence-electron chi connectivity index (χ1n) is 12.5. The fourth-order valence-corrected chi connectivity index (χ4v) is 5.43. The number of rotatable bonds is 4. The van der Waals surface area contributed by atoms with E-state index in [1.54, 1.807) is 0 Å². The molecule has 9 nitrogen and oxygen atoms in total. The monoisotopic (exact) mass is 480 g/mol. The first-order chi connectivity index (χ1) is 17.7. The van der Waals surface area contributed by atoms with Gasteiger partial charge in [0.25, 0.3) is 0 Å². The fourth-order valence-electron chi connectivity index (χ4n) is 5.43. The van der Waals surface area contributed by atoms with Crippen LogP contribution in [0.4, 0.5) is 5.82 Å². The van der Waals surface area contributed by atoms with Crippen LogP contribution < -0.4 is 4.90 Å². The smallest absolute Gasteiger partial charge is 0.239 e. The first kappa shape index (κ1) is 21.5. The van der Waals surface area contributed by atoms with Crippen LogP contribution in [0.2, 0.25) is 0 Å². The molecule has 0 bridgehead atoms. The lowest BCUT2D eigenvalue weighted by Crippen LogP contribution is -2.37. The summed E-state index contributed by atoms with van der Waals surface area (Å²) in [5.41, 5.74) is 6.41. The third-order valence-corrected chi connectivity index (χ3v) is 7.29. The summed E-state index contributed by atoms with van der Waals surface area (Å²) in [6.07, 6.45) is 0. The van der Waals surface area contributed by atoms with Crippen LogP contribution in [0.3, 0.4) is 0 Å². The summed E-state index contributed by atoms with van der Waals surface area (Å²) >= 11 is 0. The molecule has 2 aliphatic rings. The molecule has 9 heteroatoms. The van der Waals surface area contributed by atoms with Crippen molar-refractivity contribution >= 4 is 28.0 Å². The van der Waals surface area contributed by atoms with E-state index in [0.717, 1.165) is 72.4 Å². The molecule has 1 fully saturated rings. The summed E-state index contributed by atoms with van der Waals surface area (Å²) in [6.45, 7) is 7.55. The van der Waals surface area contributed by atoms with Crippen molar-refractivity contribution in [1.29, 1.82) is 0 Å². The molecular weight excluding hydrogens is 452 g/mol. The van der Waals surface area contributed by atoms with E-state index in [2.05, 4.69) is 51.7 Å². The molecule has 0 spiro atoms. The van der Waals surface area contributed by atoms with Crippen LogP contribution in [-0.4, -0.2) is 60.3 Å². The highest BCUT2D eigenvalue weighted by Crippen LogP contribution is 2.30. The fraction of sp³-hybridized carbons (Fsp3) is 0.333. The lowest BCUT2D eigenvalue weighted by Gasteiger charge is -2.28. The second-order valence-electron chi connectivity index (χ2n) is 9.60. The average Bonchev–Trinajstić information content (AvgIpc) is 3.56. The Bertz CT molecular complexity index is 1570. The molecule has 0 amide bonds. The number of anilines is 1. The first-order valence-corrected chi connectivity index (χ1v) is 12.5. The molecule has 1 saturated heterocycles. The number of hydrogen-bond acceptors (Lipinski definition) is 7. The van der Waals surface area contributed by atoms with E-state index in [1.807, 2.05) is 29.7 Å². The maximum absolute atomic E-state index is 5.63. The molecule has 0 N–H and O–H groups in total. The van der Waals surface area contributed by atoms with E-state index < -0.39 is 0 Å². The number of nitrogens with zero attached hydrogens (tertiary/aromatic N) is 8. The second kappa shape index (κ2) is 8.39. The normalized spacial score (nSPS) is 16.3. The summed E-state index contributed by atoms with van der Waals surface area (Å²) in [6, 6.07) is 16.8. The van der Waals surface area contributed by atoms with Gasteiger partial charge in [0.1, 0.15) is 11.6 Å². The number of aryl methyl sites for hydroxylation is 2. The van der Waals surface area contributed by atoms with E-state index in [-0.39, 0.29) is 0 Å². The Morgan fingerprint density at radius 1 is 0.861 bits per heavy atom. The maximum Gasteiger partial charge on any atom is 0.239 e. The summed E-state index contributed by atoms with van der Waals surface area (Å²) < 4.78 is 9.80. The van der Waals surface area contributed by atoms with E-state index in [1.165, 1.54) is 11.1 Å². The zero-order valence-electron chi connectivity index (χ0n) is 20.6. The van der Waals surface area contributed by atoms with Crippen molar-refractivity contribution in [1.82, 2.24) is 34.0 Å². The summed E-state index contributed by atoms with van der Waals surface area (Å²) in [5, 5.41) is 0. The van der Waals surface area contributed by atoms with Gasteiger partial charge in [0.15, 0.2) is 17.0 Å². The maximum atomic E-state index is 5.63. The SMILES string of the molecule is Cc1nc2ccccc2n1-c1nc(N2CCOCC2)c2nc(CN3Cc4ccccc4C3)n(C)c2n1. The van der Waals surface area contributed by atoms with Crippen LogP contribution in [0.1, 0.15) is 22.8 Å². The van der Waals surface area contributed by atoms with Crippen molar-refractivity contribution in [3.8, 4) is 5.95 Å². The third-order valence-electron chi connectivity index (χ3n) is 7.29. The van der Waals surface area contributed by atoms with Gasteiger partial charge in [-0.1, -0.05) is 36.4 Å². The van der Waals surface area contributed by atoms with Gasteiger partial charge in [-0.3, -0.25) is 9.47 Å². The van der Waals surface area contributed by atoms with E-state index in [9.17, 15) is 0 Å². The molecule has 36 heavy (non-hydrogen) atoms. The van der Waals surface area contributed by atoms with Crippen molar-refractivity contribution in [2.45, 2.75) is 26.6 Å². The molecule has 0 radical (unpaired) electrons. The third kappa shape index (κ3) is 3.46. The minimum absolute atomic E-state index is 0.623. The Morgan fingerprint density at radius 2 is 1.58 bits per heavy atom. The number of hydrogen-bond donors (Lipinski definition) is 0. The number of fused-ring (bicyclic) bond motifs is 3. The zero-order chi connectivity index (χ0) is 24.2. The highest BCUT2D eigenvalue weighted by Gasteiger charge is 2.26. The average molecular weight is 481 g/mol. The molecule has 0 unspecified atom stereocenters. The Morgan fingerprint density at radius 3 is 2.36 bits per heavy atom. The molecule has 7 rings (SSSR count). The minimum Gasteiger partial charge on any atom is -0.378 e. The van der Waals surface area contributed by atoms with Crippen molar-refractivity contribution in [2.75, 3.05) is 31.2 Å². The van der Waals surface area contributed by atoms with Crippen LogP contribution in [0.15, 0.2) is 48.5 Å². The minimum atomic E-state index is 0.623. The van der Waals surface area contributed by atoms with Crippen LogP contribution >= 0.6 is 0 Å². The van der Waals surface area contributed by atoms with Gasteiger partial charge in [-0.25, -0.2) is 9.97 Å². The topological polar surface area (TPSA) is 77.1 Å². The Kier molecular flexibility index (Phi) is 5.00. The van der Waals surface area contributed by atoms with Gasteiger partial charge in [-0.15, -0.1) is 0 Å². The summed E-state index contributed by atoms with van der Waals surface area (Å²) in [5.74, 6) is 3.34. The predicted molar refractivity (Wildman–Crippen MR) is 138 cm³/mol. The lowest BCUT2D eigenvalue weighted by molar-refractivity contribution is 0.122. The molecule has 0 atom stereocenters. The molecule has 5 heterocycles. The van der Waals surface area contributed by atoms with Crippen molar-refractivity contribution < 1.29 is 4.74 Å². The highest BCUT2D eigenvalue weighted by atomic mass is 16.5. The van der Waals surface area contributed by atoms with Crippen molar-refractivity contribution in [2.24, 2.45) is 7.05 Å². The van der Waals surface area contributed by atoms with E-state index >= 15 is 0 Å². The zero-order valence-corrected chi connectivity index (χ0v) is 20.6. The number of imidazole rings is 2. The van der Waals surface area contributed by atoms with Gasteiger partial charge in [-0.2, -0.15) is 9.97 Å². The second-order valence-corrected chi connectivity index (χ2v) is 9.60. The van der Waals surface area contributed by atoms with Gasteiger partial charge in [0, 0.05) is 33.2 Å². The Labute approximate surface area is 209 Å². The van der Waals surface area contributed by atoms with Crippen LogP contribution in [0.25, 0.3) is 28.1 Å². The number of ether oxygens (including phenoxy) is 1. The number of para-hydroxylation sites is 2. The van der Waals surface area contributed by atoms with Gasteiger partial charge in [0.05, 0.1) is 30.8 Å². The van der Waals surface area contributed by atoms with Gasteiger partial charge in [-0.05, 0) is 30.2 Å². The standard InChI is InChI=1S/C27H28N8O/c1-18-28-21-9-5-6-10-22(21)35(18)27-30-25-24(26(31-27)34-11-13-36-14-12-34)29-23(32(25)2)17-33-15-19-7-3-4-8-20(19)16-33/h3-10H,11-17H2,1-2H3. The van der Waals surface area contributed by atoms with Gasteiger partial charge in [0.2, 0.25) is 5.95 Å². The molecule has 182 valence electrons. The molecule has 5 aromatic rings. The molecule has 0 aliphatic carbocycles. The molecular formula is C27H28N8O. The molecule has 2 aliphatic heterocycles. The molecule has 2 aromatic carbocycles. The molecule has 3 aromatic heterocycles. The Balaban J connectivity index is 1.35. The predicted octanol–water partition coefficient (Wildman–Crippen LogP) is 3.36. The van der Waals surface area contributed by atoms with E-state index in [0.29, 0.717) is 19.2 Å². The van der Waals surface area contributed by atoms with Crippen LogP contribution in [0.5, 0.6) is 0 Å². The van der Waals surface area contributed by atoms with Crippen molar-refractivity contribution in [3.63, 3.8) is 0 Å². The highest BCUT2D eigenvalue weighted by molar-refractivity contribution is 5.86. The van der Waals surface area contributed by atoms with Crippen LogP contribution in [-0.2, 0) is 31.4 Å². The quantitative estimate of drug-likeness (QED) is 0.390. The van der Waals surface area contributed by atoms with Gasteiger partial charge < -0.3 is 14.2 Å². The van der Waals surface area contributed by atoms with Crippen molar-refractivity contribution in [3.05, 3.63) is 71.3 Å². The summed E-state index contributed by atoms with van der Waals surface area (Å²) in [4.78, 5) is 24.7. The van der Waals surface area contributed by atoms with Gasteiger partial charge >= 0.3 is 0 Å². The van der Waals surface area contributed by atoms with Crippen LogP contribution in [0, 0.1) is 6.92 Å². The number of benzene rings is 2. The Hall–Kier alpha value is -3.82. The number of aromatic nitrogens is 6. The largest absolute Gasteiger partial charge is 0.378 e. The summed E-state index contributed by atoms with van der Waals surface area (Å²) in [7, 11) is 2.06. The number of morpholine rings is 1. The molecule has 0 saturated carbocycles. The van der Waals surface area contributed by atoms with E-state index in [4.69, 9.17) is 24.7 Å².